The van der Waals surface area contributed by atoms with E-state index in [9.17, 15) is 20.3 Å². The maximum atomic E-state index is 11.8. The molecule has 0 amide bonds. The van der Waals surface area contributed by atoms with Gasteiger partial charge in [0.05, 0.1) is 18.1 Å². The molecule has 4 rings (SSSR count). The van der Waals surface area contributed by atoms with Gasteiger partial charge in [-0.25, -0.2) is 0 Å². The number of rotatable bonds is 1. The van der Waals surface area contributed by atoms with Crippen molar-refractivity contribution >= 4 is 5.97 Å². The van der Waals surface area contributed by atoms with Crippen LogP contribution in [0.3, 0.4) is 0 Å². The van der Waals surface area contributed by atoms with Crippen molar-refractivity contribution in [2.75, 3.05) is 0 Å². The molecule has 25 heavy (non-hydrogen) atoms. The lowest BCUT2D eigenvalue weighted by Crippen LogP contribution is -2.56. The number of aliphatic carboxylic acids is 1. The summed E-state index contributed by atoms with van der Waals surface area (Å²) in [6.07, 6.45) is 8.71. The van der Waals surface area contributed by atoms with Crippen LogP contribution in [0, 0.1) is 45.8 Å². The van der Waals surface area contributed by atoms with Gasteiger partial charge in [-0.1, -0.05) is 19.9 Å². The van der Waals surface area contributed by atoms with Crippen LogP contribution in [0.4, 0.5) is 0 Å². The Bertz CT molecular complexity index is 717. The highest BCUT2D eigenvalue weighted by Gasteiger charge is 2.62. The van der Waals surface area contributed by atoms with E-state index in [2.05, 4.69) is 26.0 Å². The third-order valence-corrected chi connectivity index (χ3v) is 8.14. The molecule has 0 aromatic heterocycles. The van der Waals surface area contributed by atoms with E-state index in [1.165, 1.54) is 5.57 Å². The van der Waals surface area contributed by atoms with Gasteiger partial charge in [-0.2, -0.15) is 5.26 Å². The van der Waals surface area contributed by atoms with Crippen LogP contribution in [0.15, 0.2) is 23.3 Å². The quantitative estimate of drug-likeness (QED) is 0.762. The van der Waals surface area contributed by atoms with E-state index in [1.807, 2.05) is 6.08 Å². The first-order chi connectivity index (χ1) is 11.8. The van der Waals surface area contributed by atoms with Gasteiger partial charge in [0.2, 0.25) is 0 Å². The van der Waals surface area contributed by atoms with Gasteiger partial charge in [0.25, 0.3) is 0 Å². The molecule has 7 atom stereocenters. The first kappa shape index (κ1) is 16.8. The number of carbonyl (C=O) groups is 1. The summed E-state index contributed by atoms with van der Waals surface area (Å²) < 4.78 is 0. The number of carboxylic acids is 1. The second-order valence-corrected chi connectivity index (χ2v) is 9.14. The van der Waals surface area contributed by atoms with Crippen LogP contribution in [0.2, 0.25) is 0 Å². The minimum atomic E-state index is -0.701. The van der Waals surface area contributed by atoms with Crippen LogP contribution < -0.4 is 0 Å². The number of aliphatic hydroxyl groups is 1. The summed E-state index contributed by atoms with van der Waals surface area (Å²) in [4.78, 5) is 11.8. The van der Waals surface area contributed by atoms with Crippen molar-refractivity contribution in [3.8, 4) is 6.07 Å². The van der Waals surface area contributed by atoms with Crippen LogP contribution in [0.25, 0.3) is 0 Å². The summed E-state index contributed by atoms with van der Waals surface area (Å²) in [5, 5.41) is 30.0. The minimum Gasteiger partial charge on any atom is -0.481 e. The summed E-state index contributed by atoms with van der Waals surface area (Å²) >= 11 is 0. The maximum Gasteiger partial charge on any atom is 0.307 e. The Balaban J connectivity index is 1.74. The molecule has 0 spiro atoms. The molecule has 134 valence electrons. The van der Waals surface area contributed by atoms with Crippen LogP contribution in [-0.4, -0.2) is 22.3 Å². The average Bonchev–Trinajstić information content (AvgIpc) is 2.90. The molecule has 0 unspecified atom stereocenters. The molecule has 0 aromatic rings. The predicted octanol–water partition coefficient (Wildman–Crippen LogP) is 3.68. The SMILES string of the molecule is C[C@]12C[C@H](O)[C@H]3[C@@H](CC=C4C=C(C#N)CC[C@@]43C)[C@@H]1CC[C@@H]2C(=O)O. The Hall–Kier alpha value is -1.60. The highest BCUT2D eigenvalue weighted by atomic mass is 16.4. The monoisotopic (exact) mass is 341 g/mol. The van der Waals surface area contributed by atoms with Crippen molar-refractivity contribution < 1.29 is 15.0 Å². The van der Waals surface area contributed by atoms with Gasteiger partial charge in [0.15, 0.2) is 0 Å². The largest absolute Gasteiger partial charge is 0.481 e. The van der Waals surface area contributed by atoms with Gasteiger partial charge in [-0.15, -0.1) is 0 Å². The van der Waals surface area contributed by atoms with Crippen LogP contribution in [-0.2, 0) is 4.79 Å². The van der Waals surface area contributed by atoms with Crippen LogP contribution in [0.5, 0.6) is 0 Å². The van der Waals surface area contributed by atoms with E-state index >= 15 is 0 Å². The number of carboxylic acid groups (broad SMARTS) is 1. The fourth-order valence-corrected chi connectivity index (χ4v) is 6.95. The zero-order chi connectivity index (χ0) is 18.0. The second kappa shape index (κ2) is 5.45. The van der Waals surface area contributed by atoms with E-state index in [0.29, 0.717) is 18.3 Å². The number of hydrogen-bond donors (Lipinski definition) is 2. The third-order valence-electron chi connectivity index (χ3n) is 8.14. The summed E-state index contributed by atoms with van der Waals surface area (Å²) in [5.41, 5.74) is 1.66. The zero-order valence-corrected chi connectivity index (χ0v) is 15.0. The topological polar surface area (TPSA) is 81.3 Å². The van der Waals surface area contributed by atoms with E-state index in [4.69, 9.17) is 0 Å². The smallest absolute Gasteiger partial charge is 0.307 e. The van der Waals surface area contributed by atoms with Crippen LogP contribution >= 0.6 is 0 Å². The molecule has 4 heteroatoms. The molecule has 0 saturated heterocycles. The number of nitriles is 1. The van der Waals surface area contributed by atoms with Gasteiger partial charge >= 0.3 is 5.97 Å². The predicted molar refractivity (Wildman–Crippen MR) is 93.3 cm³/mol. The van der Waals surface area contributed by atoms with E-state index < -0.39 is 12.1 Å². The summed E-state index contributed by atoms with van der Waals surface area (Å²) in [6.45, 7) is 4.34. The number of hydrogen-bond acceptors (Lipinski definition) is 3. The molecule has 0 aliphatic heterocycles. The van der Waals surface area contributed by atoms with Gasteiger partial charge < -0.3 is 10.2 Å². The molecule has 0 heterocycles. The fourth-order valence-electron chi connectivity index (χ4n) is 6.95. The molecule has 0 radical (unpaired) electrons. The normalized spacial score (nSPS) is 48.3. The Labute approximate surface area is 149 Å². The Morgan fingerprint density at radius 2 is 2.12 bits per heavy atom. The van der Waals surface area contributed by atoms with Crippen molar-refractivity contribution in [3.63, 3.8) is 0 Å². The fraction of sp³-hybridized carbons (Fsp3) is 0.714. The Morgan fingerprint density at radius 1 is 1.36 bits per heavy atom. The standard InChI is InChI=1S/C21H27NO3/c1-20-8-7-12(11-22)9-13(20)3-4-14-15-5-6-16(19(24)25)21(15,2)10-17(23)18(14)20/h3,9,14-18,23H,4-8,10H2,1-2H3,(H,24,25)/t14-,15-,16+,17-,18+,20-,21-/m0/s1. The van der Waals surface area contributed by atoms with Crippen LogP contribution in [0.1, 0.15) is 52.4 Å². The summed E-state index contributed by atoms with van der Waals surface area (Å²) in [7, 11) is 0. The summed E-state index contributed by atoms with van der Waals surface area (Å²) in [6, 6.07) is 2.29. The lowest BCUT2D eigenvalue weighted by molar-refractivity contribution is -0.155. The number of aliphatic hydroxyl groups excluding tert-OH is 1. The molecule has 4 nitrogen and oxygen atoms in total. The highest BCUT2D eigenvalue weighted by molar-refractivity contribution is 5.71. The third kappa shape index (κ3) is 2.18. The lowest BCUT2D eigenvalue weighted by Gasteiger charge is -2.58. The minimum absolute atomic E-state index is 0.0919. The number of fused-ring (bicyclic) bond motifs is 5. The number of nitrogens with zero attached hydrogens (tertiary/aromatic N) is 1. The van der Waals surface area contributed by atoms with E-state index in [0.717, 1.165) is 37.7 Å². The molecular formula is C21H27NO3. The van der Waals surface area contributed by atoms with Crippen molar-refractivity contribution in [2.45, 2.75) is 58.5 Å². The molecule has 4 aliphatic carbocycles. The van der Waals surface area contributed by atoms with Gasteiger partial charge in [0.1, 0.15) is 0 Å². The number of allylic oxidation sites excluding steroid dienone is 4. The Morgan fingerprint density at radius 3 is 2.80 bits per heavy atom. The molecule has 2 saturated carbocycles. The van der Waals surface area contributed by atoms with Gasteiger partial charge in [0, 0.05) is 5.57 Å². The van der Waals surface area contributed by atoms with Crippen molar-refractivity contribution in [2.24, 2.45) is 34.5 Å². The molecule has 2 N–H and O–H groups in total. The first-order valence-corrected chi connectivity index (χ1v) is 9.53. The molecule has 4 aliphatic rings. The zero-order valence-electron chi connectivity index (χ0n) is 15.0. The average molecular weight is 341 g/mol. The van der Waals surface area contributed by atoms with E-state index in [-0.39, 0.29) is 22.7 Å². The van der Waals surface area contributed by atoms with Gasteiger partial charge in [-0.3, -0.25) is 4.79 Å². The Kier molecular flexibility index (Phi) is 3.67. The molecule has 2 fully saturated rings. The molecule has 0 bridgehead atoms. The van der Waals surface area contributed by atoms with E-state index in [1.54, 1.807) is 0 Å². The van der Waals surface area contributed by atoms with Gasteiger partial charge in [-0.05, 0) is 78.8 Å². The van der Waals surface area contributed by atoms with Crippen molar-refractivity contribution in [3.05, 3.63) is 23.3 Å². The van der Waals surface area contributed by atoms with Crippen molar-refractivity contribution in [1.82, 2.24) is 0 Å². The van der Waals surface area contributed by atoms with Crippen molar-refractivity contribution in [1.29, 1.82) is 5.26 Å². The molecule has 0 aromatic carbocycles. The second-order valence-electron chi connectivity index (χ2n) is 9.14. The first-order valence-electron chi connectivity index (χ1n) is 9.53. The summed E-state index contributed by atoms with van der Waals surface area (Å²) in [5.74, 6) is -0.132. The maximum absolute atomic E-state index is 11.8. The lowest BCUT2D eigenvalue weighted by atomic mass is 9.47. The highest BCUT2D eigenvalue weighted by Crippen LogP contribution is 2.65. The molecular weight excluding hydrogens is 314 g/mol.